The third kappa shape index (κ3) is 3.32. The Labute approximate surface area is 122 Å². The van der Waals surface area contributed by atoms with Crippen molar-refractivity contribution in [1.29, 1.82) is 0 Å². The van der Waals surface area contributed by atoms with Crippen LogP contribution in [0.2, 0.25) is 0 Å². The van der Waals surface area contributed by atoms with Gasteiger partial charge in [-0.1, -0.05) is 23.4 Å². The van der Waals surface area contributed by atoms with Crippen molar-refractivity contribution in [3.8, 4) is 11.4 Å². The third-order valence-corrected chi connectivity index (χ3v) is 3.09. The van der Waals surface area contributed by atoms with Crippen molar-refractivity contribution in [2.45, 2.75) is 20.0 Å². The van der Waals surface area contributed by atoms with Crippen molar-refractivity contribution >= 4 is 0 Å². The summed E-state index contributed by atoms with van der Waals surface area (Å²) in [6, 6.07) is 10.0. The van der Waals surface area contributed by atoms with Crippen LogP contribution in [0.15, 0.2) is 34.9 Å². The van der Waals surface area contributed by atoms with Gasteiger partial charge in [0.05, 0.1) is 12.2 Å². The Morgan fingerprint density at radius 2 is 2.14 bits per heavy atom. The van der Waals surface area contributed by atoms with Gasteiger partial charge in [0.15, 0.2) is 5.76 Å². The van der Waals surface area contributed by atoms with Crippen LogP contribution in [0.5, 0.6) is 0 Å². The number of nitrogens with zero attached hydrogens (tertiary/aromatic N) is 5. The molecule has 21 heavy (non-hydrogen) atoms. The first-order chi connectivity index (χ1) is 10.2. The number of benzene rings is 1. The molecule has 2 aromatic heterocycles. The number of hydrogen-bond acceptors (Lipinski definition) is 6. The van der Waals surface area contributed by atoms with Gasteiger partial charge in [0, 0.05) is 18.2 Å². The minimum atomic E-state index is 0.602. The van der Waals surface area contributed by atoms with Gasteiger partial charge >= 0.3 is 0 Å². The van der Waals surface area contributed by atoms with Gasteiger partial charge in [0.1, 0.15) is 0 Å². The van der Waals surface area contributed by atoms with E-state index in [0.717, 1.165) is 23.6 Å². The molecular weight excluding hydrogens is 268 g/mol. The fraction of sp³-hybridized carbons (Fsp3) is 0.286. The molecule has 7 nitrogen and oxygen atoms in total. The van der Waals surface area contributed by atoms with E-state index < -0.39 is 0 Å². The van der Waals surface area contributed by atoms with E-state index in [1.807, 2.05) is 32.2 Å². The Balaban J connectivity index is 1.68. The highest BCUT2D eigenvalue weighted by atomic mass is 16.5. The predicted molar refractivity (Wildman–Crippen MR) is 76.0 cm³/mol. The molecule has 0 radical (unpaired) electrons. The van der Waals surface area contributed by atoms with E-state index in [1.54, 1.807) is 0 Å². The van der Waals surface area contributed by atoms with Gasteiger partial charge in [-0.05, 0) is 30.8 Å². The Kier molecular flexibility index (Phi) is 3.74. The molecule has 0 atom stereocenters. The van der Waals surface area contributed by atoms with Crippen LogP contribution >= 0.6 is 0 Å². The van der Waals surface area contributed by atoms with Gasteiger partial charge in [-0.2, -0.15) is 5.21 Å². The normalized spacial score (nSPS) is 11.2. The fourth-order valence-electron chi connectivity index (χ4n) is 2.22. The van der Waals surface area contributed by atoms with Crippen LogP contribution in [0.4, 0.5) is 0 Å². The van der Waals surface area contributed by atoms with Crippen molar-refractivity contribution in [1.82, 2.24) is 30.7 Å². The summed E-state index contributed by atoms with van der Waals surface area (Å²) in [6.07, 6.45) is 0. The zero-order valence-corrected chi connectivity index (χ0v) is 11.9. The summed E-state index contributed by atoms with van der Waals surface area (Å²) < 4.78 is 5.23. The molecule has 7 heteroatoms. The lowest BCUT2D eigenvalue weighted by molar-refractivity contribution is 0.266. The summed E-state index contributed by atoms with van der Waals surface area (Å²) in [7, 11) is 2.04. The van der Waals surface area contributed by atoms with E-state index >= 15 is 0 Å². The van der Waals surface area contributed by atoms with E-state index in [2.05, 4.69) is 42.8 Å². The van der Waals surface area contributed by atoms with Crippen LogP contribution in [0.25, 0.3) is 11.4 Å². The quantitative estimate of drug-likeness (QED) is 0.769. The Hall–Kier alpha value is -2.54. The summed E-state index contributed by atoms with van der Waals surface area (Å²) in [5.41, 5.74) is 3.03. The monoisotopic (exact) mass is 284 g/mol. The molecule has 0 spiro atoms. The maximum Gasteiger partial charge on any atom is 0.204 e. The van der Waals surface area contributed by atoms with Gasteiger partial charge in [0.25, 0.3) is 0 Å². The Bertz CT molecular complexity index is 706. The standard InChI is InChI=1S/C14H16N6O/c1-10-6-13(21-17-10)9-20(2)8-11-4-3-5-12(7-11)14-15-18-19-16-14/h3-7H,8-9H2,1-2H3,(H,15,16,18,19). The van der Waals surface area contributed by atoms with Crippen LogP contribution in [-0.2, 0) is 13.1 Å². The number of tetrazole rings is 1. The van der Waals surface area contributed by atoms with E-state index in [1.165, 1.54) is 5.56 Å². The average Bonchev–Trinajstić information content (AvgIpc) is 3.11. The second-order valence-electron chi connectivity index (χ2n) is 5.04. The number of rotatable bonds is 5. The third-order valence-electron chi connectivity index (χ3n) is 3.09. The first kappa shape index (κ1) is 13.4. The molecule has 0 saturated carbocycles. The lowest BCUT2D eigenvalue weighted by Gasteiger charge is -2.15. The molecule has 0 unspecified atom stereocenters. The predicted octanol–water partition coefficient (Wildman–Crippen LogP) is 1.80. The molecule has 1 N–H and O–H groups in total. The SMILES string of the molecule is Cc1cc(CN(C)Cc2cccc(-c3nn[nH]n3)c2)on1. The second-order valence-corrected chi connectivity index (χ2v) is 5.04. The van der Waals surface area contributed by atoms with E-state index in [9.17, 15) is 0 Å². The highest BCUT2D eigenvalue weighted by Gasteiger charge is 2.08. The first-order valence-corrected chi connectivity index (χ1v) is 6.64. The van der Waals surface area contributed by atoms with Crippen LogP contribution in [0.1, 0.15) is 17.0 Å². The first-order valence-electron chi connectivity index (χ1n) is 6.64. The molecule has 0 saturated heterocycles. The smallest absolute Gasteiger partial charge is 0.204 e. The molecule has 1 aromatic carbocycles. The van der Waals surface area contributed by atoms with Crippen LogP contribution in [-0.4, -0.2) is 37.7 Å². The molecule has 0 bridgehead atoms. The summed E-state index contributed by atoms with van der Waals surface area (Å²) in [5.74, 6) is 1.47. The van der Waals surface area contributed by atoms with Crippen LogP contribution in [0, 0.1) is 6.92 Å². The molecule has 0 amide bonds. The van der Waals surface area contributed by atoms with Crippen LogP contribution < -0.4 is 0 Å². The van der Waals surface area contributed by atoms with E-state index in [-0.39, 0.29) is 0 Å². The summed E-state index contributed by atoms with van der Waals surface area (Å²) in [4.78, 5) is 2.16. The van der Waals surface area contributed by atoms with Gasteiger partial charge in [0.2, 0.25) is 5.82 Å². The topological polar surface area (TPSA) is 83.7 Å². The molecule has 108 valence electrons. The molecule has 0 aliphatic carbocycles. The minimum absolute atomic E-state index is 0.602. The maximum absolute atomic E-state index is 5.23. The maximum atomic E-state index is 5.23. The number of aromatic amines is 1. The van der Waals surface area contributed by atoms with Crippen molar-refractivity contribution in [2.75, 3.05) is 7.05 Å². The van der Waals surface area contributed by atoms with Crippen molar-refractivity contribution in [2.24, 2.45) is 0 Å². The van der Waals surface area contributed by atoms with E-state index in [0.29, 0.717) is 12.4 Å². The second kappa shape index (κ2) is 5.84. The summed E-state index contributed by atoms with van der Waals surface area (Å²) >= 11 is 0. The highest BCUT2D eigenvalue weighted by Crippen LogP contribution is 2.16. The fourth-order valence-corrected chi connectivity index (χ4v) is 2.22. The Morgan fingerprint density at radius 1 is 1.24 bits per heavy atom. The van der Waals surface area contributed by atoms with Gasteiger partial charge < -0.3 is 4.52 Å². The van der Waals surface area contributed by atoms with E-state index in [4.69, 9.17) is 4.52 Å². The highest BCUT2D eigenvalue weighted by molar-refractivity contribution is 5.54. The zero-order chi connectivity index (χ0) is 14.7. The van der Waals surface area contributed by atoms with Gasteiger partial charge in [-0.25, -0.2) is 0 Å². The summed E-state index contributed by atoms with van der Waals surface area (Å²) in [5, 5.41) is 17.9. The van der Waals surface area contributed by atoms with Crippen LogP contribution in [0.3, 0.4) is 0 Å². The Morgan fingerprint density at radius 3 is 2.86 bits per heavy atom. The van der Waals surface area contributed by atoms with Gasteiger partial charge in [-0.15, -0.1) is 10.2 Å². The number of H-pyrrole nitrogens is 1. The lowest BCUT2D eigenvalue weighted by Crippen LogP contribution is -2.16. The van der Waals surface area contributed by atoms with Gasteiger partial charge in [-0.3, -0.25) is 4.90 Å². The lowest BCUT2D eigenvalue weighted by atomic mass is 10.1. The molecule has 0 aliphatic rings. The summed E-state index contributed by atoms with van der Waals surface area (Å²) in [6.45, 7) is 3.43. The zero-order valence-electron chi connectivity index (χ0n) is 11.9. The molecule has 0 fully saturated rings. The molecule has 3 aromatic rings. The minimum Gasteiger partial charge on any atom is -0.360 e. The molecule has 2 heterocycles. The number of hydrogen-bond donors (Lipinski definition) is 1. The molecule has 3 rings (SSSR count). The number of nitrogens with one attached hydrogen (secondary N) is 1. The molecular formula is C14H16N6O. The largest absolute Gasteiger partial charge is 0.360 e. The van der Waals surface area contributed by atoms with Crippen molar-refractivity contribution in [3.63, 3.8) is 0 Å². The average molecular weight is 284 g/mol. The van der Waals surface area contributed by atoms with Crippen molar-refractivity contribution < 1.29 is 4.52 Å². The van der Waals surface area contributed by atoms with Crippen molar-refractivity contribution in [3.05, 3.63) is 47.3 Å². The number of aryl methyl sites for hydroxylation is 1. The molecule has 0 aliphatic heterocycles. The number of aromatic nitrogens is 5.